The molecule has 2 N–H and O–H groups in total. The van der Waals surface area contributed by atoms with Gasteiger partial charge in [-0.2, -0.15) is 0 Å². The number of aromatic carboxylic acids is 1. The number of nitrogens with zero attached hydrogens (tertiary/aromatic N) is 1. The number of Topliss-reactive ketones (excluding diaryl/α,β-unsaturated/α-hetero) is 1. The second kappa shape index (κ2) is 10.7. The number of amides is 1. The summed E-state index contributed by atoms with van der Waals surface area (Å²) in [7, 11) is 0. The predicted molar refractivity (Wildman–Crippen MR) is 162 cm³/mol. The van der Waals surface area contributed by atoms with Crippen molar-refractivity contribution in [1.29, 1.82) is 0 Å². The molecule has 3 aromatic carbocycles. The van der Waals surface area contributed by atoms with Crippen molar-refractivity contribution in [3.63, 3.8) is 0 Å². The Kier molecular flexibility index (Phi) is 6.97. The first-order valence-corrected chi connectivity index (χ1v) is 14.3. The SMILES string of the molecule is CC(C)(C)OC(=O)N1CCC2(CC1)CC(=O)c1cc(C#Cc3cccc(C(=O)O)c3-c3ccc4cc[nH]c4c3)ccc1O2. The summed E-state index contributed by atoms with van der Waals surface area (Å²) in [6.45, 7) is 6.42. The van der Waals surface area contributed by atoms with Crippen molar-refractivity contribution in [3.8, 4) is 28.7 Å². The van der Waals surface area contributed by atoms with Crippen LogP contribution in [0.3, 0.4) is 0 Å². The third kappa shape index (κ3) is 5.71. The lowest BCUT2D eigenvalue weighted by Crippen LogP contribution is -2.53. The number of piperidine rings is 1. The van der Waals surface area contributed by atoms with E-state index in [0.717, 1.165) is 16.5 Å². The molecule has 4 aromatic rings. The summed E-state index contributed by atoms with van der Waals surface area (Å²) in [4.78, 5) is 42.8. The van der Waals surface area contributed by atoms with Gasteiger partial charge in [-0.25, -0.2) is 9.59 Å². The molecule has 0 aliphatic carbocycles. The standard InChI is InChI=1S/C35H32N2O6/c1-34(2,3)43-33(41)37-17-14-35(15-18-37)21-29(38)27-19-22(8-12-30(27)42-35)7-9-24-5-4-6-26(32(39)40)31(24)25-11-10-23-13-16-36-28(23)20-25/h4-6,8,10-13,16,19-20,36H,14-15,17-18,21H2,1-3H3,(H,39,40). The van der Waals surface area contributed by atoms with Crippen LogP contribution in [0.4, 0.5) is 4.79 Å². The first-order valence-electron chi connectivity index (χ1n) is 14.3. The first-order chi connectivity index (χ1) is 20.5. The molecule has 6 rings (SSSR count). The van der Waals surface area contributed by atoms with E-state index in [-0.39, 0.29) is 23.9 Å². The third-order valence-corrected chi connectivity index (χ3v) is 7.90. The molecule has 1 saturated heterocycles. The van der Waals surface area contributed by atoms with Gasteiger partial charge in [0.05, 0.1) is 17.5 Å². The number of hydrogen-bond donors (Lipinski definition) is 2. The number of nitrogens with one attached hydrogen (secondary N) is 1. The van der Waals surface area contributed by atoms with Crippen LogP contribution in [0.25, 0.3) is 22.0 Å². The van der Waals surface area contributed by atoms with Crippen LogP contribution in [0.1, 0.15) is 71.9 Å². The molecule has 0 atom stereocenters. The Morgan fingerprint density at radius 3 is 2.56 bits per heavy atom. The molecular formula is C35H32N2O6. The quantitative estimate of drug-likeness (QED) is 0.258. The molecule has 218 valence electrons. The molecule has 2 aliphatic heterocycles. The van der Waals surface area contributed by atoms with E-state index in [1.165, 1.54) is 0 Å². The van der Waals surface area contributed by atoms with Gasteiger partial charge in [-0.1, -0.05) is 30.0 Å². The van der Waals surface area contributed by atoms with E-state index in [4.69, 9.17) is 9.47 Å². The van der Waals surface area contributed by atoms with Crippen molar-refractivity contribution in [2.45, 2.75) is 51.2 Å². The van der Waals surface area contributed by atoms with Crippen LogP contribution in [0.15, 0.2) is 66.9 Å². The van der Waals surface area contributed by atoms with Gasteiger partial charge in [0.2, 0.25) is 0 Å². The molecule has 3 heterocycles. The summed E-state index contributed by atoms with van der Waals surface area (Å²) in [6, 6.07) is 18.1. The molecular weight excluding hydrogens is 544 g/mol. The molecule has 2 aliphatic rings. The summed E-state index contributed by atoms with van der Waals surface area (Å²) in [5, 5.41) is 11.0. The largest absolute Gasteiger partial charge is 0.486 e. The zero-order chi connectivity index (χ0) is 30.4. The van der Waals surface area contributed by atoms with Gasteiger partial charge in [0, 0.05) is 54.3 Å². The van der Waals surface area contributed by atoms with Crippen molar-refractivity contribution < 1.29 is 29.0 Å². The Hall–Kier alpha value is -5.03. The molecule has 43 heavy (non-hydrogen) atoms. The summed E-state index contributed by atoms with van der Waals surface area (Å²) in [5.41, 5.74) is 2.80. The maximum atomic E-state index is 13.3. The summed E-state index contributed by atoms with van der Waals surface area (Å²) < 4.78 is 11.9. The van der Waals surface area contributed by atoms with Crippen molar-refractivity contribution in [2.24, 2.45) is 0 Å². The monoisotopic (exact) mass is 576 g/mol. The van der Waals surface area contributed by atoms with E-state index >= 15 is 0 Å². The Morgan fingerprint density at radius 2 is 1.81 bits per heavy atom. The smallest absolute Gasteiger partial charge is 0.410 e. The van der Waals surface area contributed by atoms with Gasteiger partial charge in [0.25, 0.3) is 0 Å². The number of H-pyrrole nitrogens is 1. The van der Waals surface area contributed by atoms with Crippen LogP contribution in [-0.2, 0) is 4.74 Å². The number of carbonyl (C=O) groups excluding carboxylic acids is 2. The highest BCUT2D eigenvalue weighted by Gasteiger charge is 2.44. The molecule has 1 amide bonds. The number of benzene rings is 3. The van der Waals surface area contributed by atoms with E-state index in [2.05, 4.69) is 16.8 Å². The van der Waals surface area contributed by atoms with E-state index in [9.17, 15) is 19.5 Å². The molecule has 1 fully saturated rings. The Labute approximate surface area is 249 Å². The second-order valence-corrected chi connectivity index (χ2v) is 12.1. The lowest BCUT2D eigenvalue weighted by Gasteiger charge is -2.44. The number of aromatic nitrogens is 1. The first kappa shape index (κ1) is 28.1. The predicted octanol–water partition coefficient (Wildman–Crippen LogP) is 6.67. The molecule has 0 saturated carbocycles. The number of carboxylic acid groups (broad SMARTS) is 1. The van der Waals surface area contributed by atoms with E-state index in [1.807, 2.05) is 51.2 Å². The number of likely N-dealkylation sites (tertiary alicyclic amines) is 1. The summed E-state index contributed by atoms with van der Waals surface area (Å²) >= 11 is 0. The minimum absolute atomic E-state index is 0.0246. The fourth-order valence-corrected chi connectivity index (χ4v) is 5.76. The van der Waals surface area contributed by atoms with Gasteiger partial charge < -0.3 is 24.5 Å². The zero-order valence-corrected chi connectivity index (χ0v) is 24.3. The van der Waals surface area contributed by atoms with E-state index in [1.54, 1.807) is 41.3 Å². The third-order valence-electron chi connectivity index (χ3n) is 7.90. The lowest BCUT2D eigenvalue weighted by molar-refractivity contribution is -0.0226. The number of carboxylic acids is 1. The highest BCUT2D eigenvalue weighted by Crippen LogP contribution is 2.40. The van der Waals surface area contributed by atoms with Gasteiger partial charge in [0.1, 0.15) is 17.0 Å². The Bertz CT molecular complexity index is 1830. The Balaban J connectivity index is 1.25. The summed E-state index contributed by atoms with van der Waals surface area (Å²) in [6.07, 6.45) is 2.79. The topological polar surface area (TPSA) is 109 Å². The van der Waals surface area contributed by atoms with Gasteiger partial charge in [-0.3, -0.25) is 4.79 Å². The maximum absolute atomic E-state index is 13.3. The molecule has 1 spiro atoms. The number of carbonyl (C=O) groups is 3. The van der Waals surface area contributed by atoms with Crippen molar-refractivity contribution >= 4 is 28.7 Å². The average molecular weight is 577 g/mol. The van der Waals surface area contributed by atoms with Gasteiger partial charge in [0.15, 0.2) is 5.78 Å². The minimum Gasteiger partial charge on any atom is -0.486 e. The number of ether oxygens (including phenoxy) is 2. The van der Waals surface area contributed by atoms with Crippen LogP contribution in [0.2, 0.25) is 0 Å². The Morgan fingerprint density at radius 1 is 1.02 bits per heavy atom. The highest BCUT2D eigenvalue weighted by molar-refractivity contribution is 6.01. The number of rotatable bonds is 2. The zero-order valence-electron chi connectivity index (χ0n) is 24.3. The van der Waals surface area contributed by atoms with Crippen LogP contribution in [-0.4, -0.2) is 57.1 Å². The number of ketones is 1. The molecule has 0 radical (unpaired) electrons. The van der Waals surface area contributed by atoms with Gasteiger partial charge >= 0.3 is 12.1 Å². The van der Waals surface area contributed by atoms with Gasteiger partial charge in [-0.05, 0) is 74.2 Å². The van der Waals surface area contributed by atoms with Crippen molar-refractivity contribution in [2.75, 3.05) is 13.1 Å². The lowest BCUT2D eigenvalue weighted by atomic mass is 9.82. The normalized spacial score (nSPS) is 15.8. The maximum Gasteiger partial charge on any atom is 0.410 e. The van der Waals surface area contributed by atoms with Crippen molar-refractivity contribution in [3.05, 3.63) is 89.1 Å². The van der Waals surface area contributed by atoms with Crippen molar-refractivity contribution in [1.82, 2.24) is 9.88 Å². The number of aromatic amines is 1. The van der Waals surface area contributed by atoms with Crippen LogP contribution in [0.5, 0.6) is 5.75 Å². The van der Waals surface area contributed by atoms with Crippen LogP contribution < -0.4 is 4.74 Å². The molecule has 0 unspecified atom stereocenters. The second-order valence-electron chi connectivity index (χ2n) is 12.1. The molecule has 8 heteroatoms. The minimum atomic E-state index is -1.03. The number of fused-ring (bicyclic) bond motifs is 2. The fraction of sp³-hybridized carbons (Fsp3) is 0.286. The molecule has 8 nitrogen and oxygen atoms in total. The highest BCUT2D eigenvalue weighted by atomic mass is 16.6. The number of hydrogen-bond acceptors (Lipinski definition) is 5. The van der Waals surface area contributed by atoms with Gasteiger partial charge in [-0.15, -0.1) is 0 Å². The average Bonchev–Trinajstić information content (AvgIpc) is 3.43. The molecule has 0 bridgehead atoms. The fourth-order valence-electron chi connectivity index (χ4n) is 5.76. The molecule has 1 aromatic heterocycles. The van der Waals surface area contributed by atoms with E-state index < -0.39 is 17.2 Å². The van der Waals surface area contributed by atoms with E-state index in [0.29, 0.717) is 53.9 Å². The van der Waals surface area contributed by atoms with Crippen LogP contribution in [0, 0.1) is 11.8 Å². The van der Waals surface area contributed by atoms with Crippen LogP contribution >= 0.6 is 0 Å². The summed E-state index contributed by atoms with van der Waals surface area (Å²) in [5.74, 6) is 5.74.